The van der Waals surface area contributed by atoms with Gasteiger partial charge < -0.3 is 16.0 Å². The molecule has 21 heavy (non-hydrogen) atoms. The normalized spacial score (nSPS) is 22.1. The van der Waals surface area contributed by atoms with E-state index < -0.39 is 0 Å². The molecule has 2 atom stereocenters. The fraction of sp³-hybridized carbons (Fsp3) is 0.625. The third kappa shape index (κ3) is 4.70. The van der Waals surface area contributed by atoms with Crippen LogP contribution in [-0.4, -0.2) is 30.5 Å². The summed E-state index contributed by atoms with van der Waals surface area (Å²) in [4.78, 5) is 18.5. The molecule has 0 spiro atoms. The van der Waals surface area contributed by atoms with E-state index in [0.29, 0.717) is 31.2 Å². The molecular formula is C16H26N4O. The molecule has 2 rings (SSSR count). The molecule has 1 aromatic heterocycles. The first-order chi connectivity index (χ1) is 10.1. The summed E-state index contributed by atoms with van der Waals surface area (Å²) in [5.74, 6) is 2.39. The standard InChI is InChI=1S/C16H26N4O/c1-12-8-13(2)11-20(10-12)15-6-5-14(9-18-15)19-16(21)4-3-7-17/h5-6,9,12-13H,3-4,7-8,10-11,17H2,1-2H3,(H,19,21). The van der Waals surface area contributed by atoms with Crippen molar-refractivity contribution in [2.75, 3.05) is 29.9 Å². The number of carbonyl (C=O) groups is 1. The number of piperidine rings is 1. The number of nitrogens with zero attached hydrogens (tertiary/aromatic N) is 2. The maximum atomic E-state index is 11.6. The van der Waals surface area contributed by atoms with Gasteiger partial charge in [0, 0.05) is 19.5 Å². The van der Waals surface area contributed by atoms with Crippen LogP contribution >= 0.6 is 0 Å². The van der Waals surface area contributed by atoms with Crippen LogP contribution in [0.1, 0.15) is 33.1 Å². The van der Waals surface area contributed by atoms with Gasteiger partial charge in [-0.1, -0.05) is 13.8 Å². The van der Waals surface area contributed by atoms with Crippen LogP contribution in [0.4, 0.5) is 11.5 Å². The predicted octanol–water partition coefficient (Wildman–Crippen LogP) is 2.24. The van der Waals surface area contributed by atoms with Crippen LogP contribution in [-0.2, 0) is 4.79 Å². The van der Waals surface area contributed by atoms with Gasteiger partial charge in [-0.15, -0.1) is 0 Å². The average Bonchev–Trinajstić information content (AvgIpc) is 2.45. The number of aromatic nitrogens is 1. The summed E-state index contributed by atoms with van der Waals surface area (Å²) in [6.07, 6.45) is 4.19. The Morgan fingerprint density at radius 1 is 1.38 bits per heavy atom. The molecule has 1 amide bonds. The molecule has 1 aromatic rings. The van der Waals surface area contributed by atoms with Crippen molar-refractivity contribution in [3.05, 3.63) is 18.3 Å². The van der Waals surface area contributed by atoms with E-state index in [9.17, 15) is 4.79 Å². The Kier molecular flexibility index (Phi) is 5.56. The van der Waals surface area contributed by atoms with Crippen molar-refractivity contribution in [2.24, 2.45) is 17.6 Å². The summed E-state index contributed by atoms with van der Waals surface area (Å²) < 4.78 is 0. The molecule has 2 heterocycles. The molecule has 3 N–H and O–H groups in total. The molecule has 5 heteroatoms. The molecule has 5 nitrogen and oxygen atoms in total. The minimum absolute atomic E-state index is 0.00443. The van der Waals surface area contributed by atoms with Crippen LogP contribution in [0.2, 0.25) is 0 Å². The van der Waals surface area contributed by atoms with Gasteiger partial charge in [0.05, 0.1) is 11.9 Å². The van der Waals surface area contributed by atoms with Crippen molar-refractivity contribution in [3.63, 3.8) is 0 Å². The molecule has 0 aliphatic carbocycles. The molecule has 0 aromatic carbocycles. The predicted molar refractivity (Wildman–Crippen MR) is 86.3 cm³/mol. The molecule has 1 saturated heterocycles. The molecular weight excluding hydrogens is 264 g/mol. The number of pyridine rings is 1. The van der Waals surface area contributed by atoms with Gasteiger partial charge in [0.1, 0.15) is 5.82 Å². The zero-order valence-corrected chi connectivity index (χ0v) is 13.0. The Morgan fingerprint density at radius 2 is 2.10 bits per heavy atom. The highest BCUT2D eigenvalue weighted by Crippen LogP contribution is 2.25. The lowest BCUT2D eigenvalue weighted by atomic mass is 9.92. The smallest absolute Gasteiger partial charge is 0.224 e. The van der Waals surface area contributed by atoms with Gasteiger partial charge in [0.15, 0.2) is 0 Å². The van der Waals surface area contributed by atoms with E-state index in [4.69, 9.17) is 5.73 Å². The van der Waals surface area contributed by atoms with Crippen molar-refractivity contribution in [1.29, 1.82) is 0 Å². The van der Waals surface area contributed by atoms with Gasteiger partial charge in [-0.3, -0.25) is 4.79 Å². The van der Waals surface area contributed by atoms with Crippen LogP contribution in [0.3, 0.4) is 0 Å². The first-order valence-corrected chi connectivity index (χ1v) is 7.79. The van der Waals surface area contributed by atoms with E-state index in [2.05, 4.69) is 29.0 Å². The van der Waals surface area contributed by atoms with Crippen LogP contribution < -0.4 is 16.0 Å². The molecule has 116 valence electrons. The number of rotatable bonds is 5. The van der Waals surface area contributed by atoms with Gasteiger partial charge >= 0.3 is 0 Å². The third-order valence-corrected chi connectivity index (χ3v) is 3.83. The fourth-order valence-corrected chi connectivity index (χ4v) is 2.98. The molecule has 0 saturated carbocycles. The second kappa shape index (κ2) is 7.41. The van der Waals surface area contributed by atoms with Gasteiger partial charge in [0.25, 0.3) is 0 Å². The first kappa shape index (κ1) is 15.8. The van der Waals surface area contributed by atoms with E-state index in [1.165, 1.54) is 6.42 Å². The van der Waals surface area contributed by atoms with Crippen LogP contribution in [0.25, 0.3) is 0 Å². The summed E-state index contributed by atoms with van der Waals surface area (Å²) in [6, 6.07) is 3.91. The molecule has 1 fully saturated rings. The molecule has 1 aliphatic heterocycles. The summed E-state index contributed by atoms with van der Waals surface area (Å²) >= 11 is 0. The summed E-state index contributed by atoms with van der Waals surface area (Å²) in [5, 5.41) is 2.85. The Morgan fingerprint density at radius 3 is 2.67 bits per heavy atom. The van der Waals surface area contributed by atoms with Crippen LogP contribution in [0, 0.1) is 11.8 Å². The first-order valence-electron chi connectivity index (χ1n) is 7.79. The van der Waals surface area contributed by atoms with Gasteiger partial charge in [-0.2, -0.15) is 0 Å². The minimum atomic E-state index is -0.00443. The SMILES string of the molecule is CC1CC(C)CN(c2ccc(NC(=O)CCCN)cn2)C1. The van der Waals surface area contributed by atoms with Gasteiger partial charge in [0.2, 0.25) is 5.91 Å². The minimum Gasteiger partial charge on any atom is -0.356 e. The zero-order chi connectivity index (χ0) is 15.2. The van der Waals surface area contributed by atoms with E-state index in [0.717, 1.165) is 24.6 Å². The van der Waals surface area contributed by atoms with Gasteiger partial charge in [-0.25, -0.2) is 4.98 Å². The number of amides is 1. The second-order valence-corrected chi connectivity index (χ2v) is 6.20. The van der Waals surface area contributed by atoms with Gasteiger partial charge in [-0.05, 0) is 43.4 Å². The lowest BCUT2D eigenvalue weighted by molar-refractivity contribution is -0.116. The quantitative estimate of drug-likeness (QED) is 0.872. The highest BCUT2D eigenvalue weighted by molar-refractivity contribution is 5.90. The summed E-state index contributed by atoms with van der Waals surface area (Å²) in [5.41, 5.74) is 6.15. The molecule has 2 unspecified atom stereocenters. The molecule has 0 radical (unpaired) electrons. The maximum absolute atomic E-state index is 11.6. The van der Waals surface area contributed by atoms with E-state index >= 15 is 0 Å². The maximum Gasteiger partial charge on any atom is 0.224 e. The number of hydrogen-bond acceptors (Lipinski definition) is 4. The lowest BCUT2D eigenvalue weighted by Crippen LogP contribution is -2.39. The van der Waals surface area contributed by atoms with Crippen molar-refractivity contribution in [2.45, 2.75) is 33.1 Å². The van der Waals surface area contributed by atoms with Crippen molar-refractivity contribution in [1.82, 2.24) is 4.98 Å². The highest BCUT2D eigenvalue weighted by Gasteiger charge is 2.22. The van der Waals surface area contributed by atoms with E-state index in [1.807, 2.05) is 12.1 Å². The zero-order valence-electron chi connectivity index (χ0n) is 13.0. The van der Waals surface area contributed by atoms with E-state index in [1.54, 1.807) is 6.20 Å². The molecule has 1 aliphatic rings. The monoisotopic (exact) mass is 290 g/mol. The van der Waals surface area contributed by atoms with Crippen LogP contribution in [0.15, 0.2) is 18.3 Å². The van der Waals surface area contributed by atoms with Crippen molar-refractivity contribution >= 4 is 17.4 Å². The number of anilines is 2. The number of nitrogens with two attached hydrogens (primary N) is 1. The Hall–Kier alpha value is -1.62. The highest BCUT2D eigenvalue weighted by atomic mass is 16.1. The third-order valence-electron chi connectivity index (χ3n) is 3.83. The Labute approximate surface area is 126 Å². The van der Waals surface area contributed by atoms with E-state index in [-0.39, 0.29) is 5.91 Å². The number of nitrogens with one attached hydrogen (secondary N) is 1. The lowest BCUT2D eigenvalue weighted by Gasteiger charge is -2.35. The van der Waals surface area contributed by atoms with Crippen LogP contribution in [0.5, 0.6) is 0 Å². The topological polar surface area (TPSA) is 71.2 Å². The van der Waals surface area contributed by atoms with Crippen molar-refractivity contribution in [3.8, 4) is 0 Å². The number of carbonyl (C=O) groups excluding carboxylic acids is 1. The van der Waals surface area contributed by atoms with Crippen molar-refractivity contribution < 1.29 is 4.79 Å². The second-order valence-electron chi connectivity index (χ2n) is 6.20. The number of hydrogen-bond donors (Lipinski definition) is 2. The fourth-order valence-electron chi connectivity index (χ4n) is 2.98. The summed E-state index contributed by atoms with van der Waals surface area (Å²) in [6.45, 7) is 7.22. The Balaban J connectivity index is 1.94. The summed E-state index contributed by atoms with van der Waals surface area (Å²) in [7, 11) is 0. The Bertz CT molecular complexity index is 450. The average molecular weight is 290 g/mol. The largest absolute Gasteiger partial charge is 0.356 e. The molecule has 0 bridgehead atoms.